The molecule has 0 radical (unpaired) electrons. The molecule has 1 unspecified atom stereocenters. The van der Waals surface area contributed by atoms with Crippen molar-refractivity contribution in [2.45, 2.75) is 25.0 Å². The number of carbonyl (C=O) groups is 1. The number of benzene rings is 1. The SMILES string of the molecule is C=C(C)N1CC(NC(=O)c2nccnc2N2CC(Oc3cc(F)cc(F)c3)C2)C(F)(F)C1. The third-order valence-electron chi connectivity index (χ3n) is 5.34. The van der Waals surface area contributed by atoms with Gasteiger partial charge in [-0.1, -0.05) is 6.58 Å². The molecule has 0 aliphatic carbocycles. The van der Waals surface area contributed by atoms with Gasteiger partial charge in [-0.2, -0.15) is 0 Å². The highest BCUT2D eigenvalue weighted by molar-refractivity contribution is 5.97. The Labute approximate surface area is 181 Å². The molecule has 1 atom stereocenters. The molecule has 1 amide bonds. The number of hydrogen-bond donors (Lipinski definition) is 1. The highest BCUT2D eigenvalue weighted by Gasteiger charge is 2.49. The van der Waals surface area contributed by atoms with Crippen LogP contribution in [0.5, 0.6) is 5.75 Å². The third-order valence-corrected chi connectivity index (χ3v) is 5.34. The summed E-state index contributed by atoms with van der Waals surface area (Å²) >= 11 is 0. The van der Waals surface area contributed by atoms with Crippen LogP contribution in [0.2, 0.25) is 0 Å². The number of hydrogen-bond acceptors (Lipinski definition) is 6. The Kier molecular flexibility index (Phi) is 5.66. The second-order valence-corrected chi connectivity index (χ2v) is 7.88. The molecular weight excluding hydrogens is 430 g/mol. The number of aromatic nitrogens is 2. The number of halogens is 4. The largest absolute Gasteiger partial charge is 0.487 e. The number of carbonyl (C=O) groups excluding carboxylic acids is 1. The van der Waals surface area contributed by atoms with Gasteiger partial charge in [-0.3, -0.25) is 4.79 Å². The zero-order valence-corrected chi connectivity index (χ0v) is 17.2. The topological polar surface area (TPSA) is 70.6 Å². The lowest BCUT2D eigenvalue weighted by molar-refractivity contribution is -0.00785. The number of ether oxygens (including phenoxy) is 1. The van der Waals surface area contributed by atoms with Crippen LogP contribution >= 0.6 is 0 Å². The fraction of sp³-hybridized carbons (Fsp3) is 0.381. The van der Waals surface area contributed by atoms with Crippen molar-refractivity contribution in [2.24, 2.45) is 0 Å². The summed E-state index contributed by atoms with van der Waals surface area (Å²) in [7, 11) is 0. The average molecular weight is 451 g/mol. The number of allylic oxidation sites excluding steroid dienone is 1. The van der Waals surface area contributed by atoms with E-state index in [2.05, 4.69) is 21.9 Å². The molecule has 1 aromatic heterocycles. The minimum Gasteiger partial charge on any atom is -0.487 e. The van der Waals surface area contributed by atoms with Gasteiger partial charge in [-0.15, -0.1) is 0 Å². The highest BCUT2D eigenvalue weighted by atomic mass is 19.3. The molecule has 1 aromatic carbocycles. The van der Waals surface area contributed by atoms with E-state index < -0.39 is 42.2 Å². The van der Waals surface area contributed by atoms with Crippen LogP contribution in [0.25, 0.3) is 0 Å². The molecule has 0 bridgehead atoms. The molecule has 1 N–H and O–H groups in total. The summed E-state index contributed by atoms with van der Waals surface area (Å²) in [5, 5.41) is 2.36. The lowest BCUT2D eigenvalue weighted by Gasteiger charge is -2.40. The van der Waals surface area contributed by atoms with Crippen molar-refractivity contribution in [1.82, 2.24) is 20.2 Å². The van der Waals surface area contributed by atoms with Crippen molar-refractivity contribution in [3.8, 4) is 5.75 Å². The number of likely N-dealkylation sites (tertiary alicyclic amines) is 1. The molecule has 7 nitrogen and oxygen atoms in total. The van der Waals surface area contributed by atoms with E-state index in [9.17, 15) is 22.4 Å². The van der Waals surface area contributed by atoms with Crippen molar-refractivity contribution in [2.75, 3.05) is 31.1 Å². The molecule has 11 heteroatoms. The molecule has 2 aliphatic rings. The number of anilines is 1. The summed E-state index contributed by atoms with van der Waals surface area (Å²) in [4.78, 5) is 24.0. The number of amides is 1. The first-order valence-electron chi connectivity index (χ1n) is 9.90. The fourth-order valence-corrected chi connectivity index (χ4v) is 3.65. The van der Waals surface area contributed by atoms with E-state index in [4.69, 9.17) is 4.74 Å². The van der Waals surface area contributed by atoms with Crippen LogP contribution in [-0.2, 0) is 0 Å². The van der Waals surface area contributed by atoms with Crippen LogP contribution in [0.3, 0.4) is 0 Å². The van der Waals surface area contributed by atoms with Gasteiger partial charge in [0.25, 0.3) is 11.8 Å². The van der Waals surface area contributed by atoms with Crippen molar-refractivity contribution >= 4 is 11.7 Å². The van der Waals surface area contributed by atoms with Gasteiger partial charge < -0.3 is 19.9 Å². The van der Waals surface area contributed by atoms with Crippen LogP contribution < -0.4 is 15.0 Å². The number of alkyl halides is 2. The molecule has 32 heavy (non-hydrogen) atoms. The molecule has 2 aromatic rings. The fourth-order valence-electron chi connectivity index (χ4n) is 3.65. The maximum Gasteiger partial charge on any atom is 0.286 e. The van der Waals surface area contributed by atoms with Gasteiger partial charge in [0.15, 0.2) is 11.5 Å². The van der Waals surface area contributed by atoms with Crippen molar-refractivity contribution in [1.29, 1.82) is 0 Å². The van der Waals surface area contributed by atoms with Crippen LogP contribution in [0.15, 0.2) is 42.9 Å². The Balaban J connectivity index is 1.41. The molecular formula is C21H21F4N5O2. The standard InChI is InChI=1S/C21H21F4N5O2/c1-12(2)30-10-17(21(24,25)11-30)28-20(31)18-19(27-4-3-26-18)29-8-16(9-29)32-15-6-13(22)5-14(23)7-15/h3-7,16-17H,1,8-11H2,2H3,(H,28,31). The van der Waals surface area contributed by atoms with Crippen molar-refractivity contribution < 1.29 is 27.1 Å². The second kappa shape index (κ2) is 8.29. The highest BCUT2D eigenvalue weighted by Crippen LogP contribution is 2.30. The Bertz CT molecular complexity index is 1020. The van der Waals surface area contributed by atoms with Crippen LogP contribution in [0.4, 0.5) is 23.4 Å². The lowest BCUT2D eigenvalue weighted by atomic mass is 10.1. The van der Waals surface area contributed by atoms with E-state index in [1.165, 1.54) is 17.3 Å². The first-order chi connectivity index (χ1) is 15.1. The summed E-state index contributed by atoms with van der Waals surface area (Å²) in [5.41, 5.74) is 0.402. The first-order valence-corrected chi connectivity index (χ1v) is 9.90. The quantitative estimate of drug-likeness (QED) is 0.681. The Morgan fingerprint density at radius 1 is 1.16 bits per heavy atom. The van der Waals surface area contributed by atoms with Gasteiger partial charge in [0.05, 0.1) is 19.6 Å². The molecule has 3 heterocycles. The van der Waals surface area contributed by atoms with Crippen LogP contribution in [0, 0.1) is 11.6 Å². The van der Waals surface area contributed by atoms with Crippen molar-refractivity contribution in [3.05, 3.63) is 60.2 Å². The summed E-state index contributed by atoms with van der Waals surface area (Å²) in [6, 6.07) is 1.50. The number of nitrogens with zero attached hydrogens (tertiary/aromatic N) is 4. The van der Waals surface area contributed by atoms with E-state index in [0.29, 0.717) is 5.70 Å². The summed E-state index contributed by atoms with van der Waals surface area (Å²) in [6.45, 7) is 5.27. The van der Waals surface area contributed by atoms with Gasteiger partial charge in [-0.05, 0) is 6.92 Å². The molecule has 0 saturated carbocycles. The number of nitrogens with one attached hydrogen (secondary N) is 1. The predicted molar refractivity (Wildman–Crippen MR) is 108 cm³/mol. The Hall–Kier alpha value is -3.37. The van der Waals surface area contributed by atoms with Gasteiger partial charge in [0.2, 0.25) is 0 Å². The Morgan fingerprint density at radius 3 is 2.44 bits per heavy atom. The lowest BCUT2D eigenvalue weighted by Crippen LogP contribution is -2.55. The smallest absolute Gasteiger partial charge is 0.286 e. The molecule has 2 aliphatic heterocycles. The zero-order chi connectivity index (χ0) is 23.0. The van der Waals surface area contributed by atoms with E-state index >= 15 is 0 Å². The van der Waals surface area contributed by atoms with Crippen LogP contribution in [0.1, 0.15) is 17.4 Å². The maximum absolute atomic E-state index is 14.3. The zero-order valence-electron chi connectivity index (χ0n) is 17.2. The third kappa shape index (κ3) is 4.46. The molecule has 170 valence electrons. The van der Waals surface area contributed by atoms with E-state index in [0.717, 1.165) is 18.2 Å². The molecule has 2 saturated heterocycles. The summed E-state index contributed by atoms with van der Waals surface area (Å²) < 4.78 is 60.9. The van der Waals surface area contributed by atoms with Crippen LogP contribution in [-0.4, -0.2) is 65.0 Å². The minimum atomic E-state index is -3.12. The molecule has 0 spiro atoms. The van der Waals surface area contributed by atoms with Gasteiger partial charge >= 0.3 is 0 Å². The first kappa shape index (κ1) is 21.8. The van der Waals surface area contributed by atoms with E-state index in [1.807, 2.05) is 0 Å². The average Bonchev–Trinajstić information content (AvgIpc) is 2.98. The Morgan fingerprint density at radius 2 is 1.81 bits per heavy atom. The van der Waals surface area contributed by atoms with Crippen molar-refractivity contribution in [3.63, 3.8) is 0 Å². The minimum absolute atomic E-state index is 0.0507. The maximum atomic E-state index is 14.3. The molecule has 4 rings (SSSR count). The summed E-state index contributed by atoms with van der Waals surface area (Å²) in [5.74, 6) is -5.12. The van der Waals surface area contributed by atoms with E-state index in [-0.39, 0.29) is 36.9 Å². The van der Waals surface area contributed by atoms with Gasteiger partial charge in [0, 0.05) is 42.8 Å². The predicted octanol–water partition coefficient (Wildman–Crippen LogP) is 2.61. The van der Waals surface area contributed by atoms with Gasteiger partial charge in [0.1, 0.15) is 29.5 Å². The van der Waals surface area contributed by atoms with E-state index in [1.54, 1.807) is 11.8 Å². The normalized spacial score (nSPS) is 20.1. The summed E-state index contributed by atoms with van der Waals surface area (Å²) in [6.07, 6.45) is 2.29. The van der Waals surface area contributed by atoms with Gasteiger partial charge in [-0.25, -0.2) is 27.5 Å². The number of rotatable bonds is 6. The monoisotopic (exact) mass is 451 g/mol. The second-order valence-electron chi connectivity index (χ2n) is 7.88. The molecule has 2 fully saturated rings.